The van der Waals surface area contributed by atoms with E-state index in [2.05, 4.69) is 6.72 Å². The van der Waals surface area contributed by atoms with Crippen LogP contribution >= 0.6 is 0 Å². The number of piperidine rings is 1. The third-order valence-electron chi connectivity index (χ3n) is 2.93. The molecule has 2 fully saturated rings. The van der Waals surface area contributed by atoms with Crippen molar-refractivity contribution in [2.75, 3.05) is 19.7 Å². The molecule has 0 aliphatic carbocycles. The molecule has 2 rings (SSSR count). The Kier molecular flexibility index (Phi) is 1.72. The van der Waals surface area contributed by atoms with Crippen LogP contribution in [0.3, 0.4) is 0 Å². The summed E-state index contributed by atoms with van der Waals surface area (Å²) >= 11 is 0. The Bertz CT molecular complexity index is 191. The zero-order valence-electron chi connectivity index (χ0n) is 7.16. The molecule has 2 aliphatic rings. The van der Waals surface area contributed by atoms with Crippen LogP contribution in [0.5, 0.6) is 0 Å². The molecule has 4 heteroatoms. The molecule has 2 aliphatic heterocycles. The second-order valence-corrected chi connectivity index (χ2v) is 3.59. The van der Waals surface area contributed by atoms with Crippen molar-refractivity contribution in [2.24, 2.45) is 0 Å². The predicted molar refractivity (Wildman–Crippen MR) is 44.9 cm³/mol. The van der Waals surface area contributed by atoms with Crippen LogP contribution in [-0.2, 0) is 4.74 Å². The van der Waals surface area contributed by atoms with Gasteiger partial charge in [0.2, 0.25) is 0 Å². The smallest absolute Gasteiger partial charge is 0.171 e. The summed E-state index contributed by atoms with van der Waals surface area (Å²) in [6, 6.07) is 0. The molecule has 0 unspecified atom stereocenters. The Morgan fingerprint density at radius 1 is 1.33 bits per heavy atom. The number of nitrogens with zero attached hydrogens (tertiary/aromatic N) is 2. The molecule has 68 valence electrons. The van der Waals surface area contributed by atoms with Crippen molar-refractivity contribution < 1.29 is 9.58 Å². The summed E-state index contributed by atoms with van der Waals surface area (Å²) in [6.45, 7) is 5.78. The van der Waals surface area contributed by atoms with E-state index in [1.54, 1.807) is 5.01 Å². The third-order valence-corrected chi connectivity index (χ3v) is 2.93. The number of hydrazine groups is 1. The van der Waals surface area contributed by atoms with Gasteiger partial charge in [-0.05, 0) is 19.3 Å². The molecule has 0 aromatic carbocycles. The highest BCUT2D eigenvalue weighted by Crippen LogP contribution is 2.36. The molecule has 4 nitrogen and oxygen atoms in total. The van der Waals surface area contributed by atoms with Gasteiger partial charge in [-0.15, -0.1) is 0 Å². The summed E-state index contributed by atoms with van der Waals surface area (Å²) in [6.07, 6.45) is 3.11. The van der Waals surface area contributed by atoms with E-state index in [1.807, 2.05) is 0 Å². The van der Waals surface area contributed by atoms with Crippen molar-refractivity contribution in [2.45, 2.75) is 24.9 Å². The predicted octanol–water partition coefficient (Wildman–Crippen LogP) is 0.367. The first-order valence-corrected chi connectivity index (χ1v) is 4.38. The maximum absolute atomic E-state index is 10.8. The van der Waals surface area contributed by atoms with Crippen molar-refractivity contribution in [1.82, 2.24) is 5.01 Å². The Morgan fingerprint density at radius 3 is 2.25 bits per heavy atom. The molecule has 0 aromatic rings. The molecule has 0 bridgehead atoms. The Labute approximate surface area is 72.0 Å². The van der Waals surface area contributed by atoms with Crippen LogP contribution in [0.1, 0.15) is 19.3 Å². The van der Waals surface area contributed by atoms with Gasteiger partial charge in [-0.1, -0.05) is 4.85 Å². The van der Waals surface area contributed by atoms with E-state index in [1.165, 1.54) is 0 Å². The van der Waals surface area contributed by atoms with Gasteiger partial charge < -0.3 is 9.94 Å². The molecular formula is C8H14N2O2. The highest BCUT2D eigenvalue weighted by atomic mass is 16.5. The molecule has 12 heavy (non-hydrogen) atoms. The normalized spacial score (nSPS) is 26.8. The summed E-state index contributed by atoms with van der Waals surface area (Å²) in [5.41, 5.74) is 0.131. The van der Waals surface area contributed by atoms with Crippen LogP contribution in [0, 0.1) is 5.21 Å². The van der Waals surface area contributed by atoms with E-state index in [9.17, 15) is 5.21 Å². The fraction of sp³-hybridized carbons (Fsp3) is 0.875. The van der Waals surface area contributed by atoms with Crippen LogP contribution in [0.4, 0.5) is 0 Å². The molecule has 2 saturated heterocycles. The Morgan fingerprint density at radius 2 is 1.92 bits per heavy atom. The molecule has 0 aromatic heterocycles. The minimum atomic E-state index is 0.131. The summed E-state index contributed by atoms with van der Waals surface area (Å²) in [5, 5.41) is 12.5. The third kappa shape index (κ3) is 1.16. The number of hydrogen-bond acceptors (Lipinski definition) is 3. The van der Waals surface area contributed by atoms with Gasteiger partial charge in [0.05, 0.1) is 25.3 Å². The first kappa shape index (κ1) is 7.86. The topological polar surface area (TPSA) is 38.5 Å². The number of ether oxygens (including phenoxy) is 1. The molecule has 2 heterocycles. The highest BCUT2D eigenvalue weighted by molar-refractivity contribution is 5.14. The second kappa shape index (κ2) is 2.62. The lowest BCUT2D eigenvalue weighted by molar-refractivity contribution is -0.635. The van der Waals surface area contributed by atoms with Gasteiger partial charge >= 0.3 is 0 Å². The molecule has 0 N–H and O–H groups in total. The van der Waals surface area contributed by atoms with Crippen LogP contribution in [0.15, 0.2) is 0 Å². The molecule has 1 spiro atoms. The van der Waals surface area contributed by atoms with Gasteiger partial charge in [-0.3, -0.25) is 0 Å². The van der Waals surface area contributed by atoms with Crippen LogP contribution in [-0.4, -0.2) is 41.9 Å². The van der Waals surface area contributed by atoms with Crippen LogP contribution < -0.4 is 0 Å². The lowest BCUT2D eigenvalue weighted by atomic mass is 9.85. The lowest BCUT2D eigenvalue weighted by Crippen LogP contribution is -2.53. The summed E-state index contributed by atoms with van der Waals surface area (Å²) in [4.78, 5) is 0.686. The van der Waals surface area contributed by atoms with Gasteiger partial charge in [0, 0.05) is 0 Å². The number of hydrazone groups is 1. The average Bonchev–Trinajstić information content (AvgIpc) is 2.02. The monoisotopic (exact) mass is 170 g/mol. The minimum absolute atomic E-state index is 0.131. The van der Waals surface area contributed by atoms with Crippen molar-refractivity contribution in [3.8, 4) is 0 Å². The molecular weight excluding hydrogens is 156 g/mol. The maximum Gasteiger partial charge on any atom is 0.171 e. The van der Waals surface area contributed by atoms with Crippen molar-refractivity contribution in [1.29, 1.82) is 0 Å². The van der Waals surface area contributed by atoms with E-state index >= 15 is 0 Å². The zero-order valence-corrected chi connectivity index (χ0v) is 7.16. The fourth-order valence-electron chi connectivity index (χ4n) is 1.91. The van der Waals surface area contributed by atoms with Crippen molar-refractivity contribution in [3.63, 3.8) is 0 Å². The van der Waals surface area contributed by atoms with E-state index < -0.39 is 0 Å². The lowest BCUT2D eigenvalue weighted by Gasteiger charge is -2.46. The van der Waals surface area contributed by atoms with Crippen molar-refractivity contribution in [3.05, 3.63) is 5.21 Å². The van der Waals surface area contributed by atoms with Gasteiger partial charge in [0.15, 0.2) is 6.72 Å². The Hall–Kier alpha value is -0.770. The van der Waals surface area contributed by atoms with E-state index in [0.717, 1.165) is 39.0 Å². The summed E-state index contributed by atoms with van der Waals surface area (Å²) < 4.78 is 5.52. The molecule has 0 saturated carbocycles. The van der Waals surface area contributed by atoms with Gasteiger partial charge in [0.25, 0.3) is 0 Å². The van der Waals surface area contributed by atoms with E-state index in [4.69, 9.17) is 4.74 Å². The number of hydrogen-bond donors (Lipinski definition) is 0. The van der Waals surface area contributed by atoms with Crippen LogP contribution in [0.25, 0.3) is 0 Å². The minimum Gasteiger partial charge on any atom is -0.597 e. The molecule has 0 atom stereocenters. The fourth-order valence-corrected chi connectivity index (χ4v) is 1.91. The van der Waals surface area contributed by atoms with Gasteiger partial charge in [0.1, 0.15) is 0 Å². The largest absolute Gasteiger partial charge is 0.597 e. The highest BCUT2D eigenvalue weighted by Gasteiger charge is 2.42. The quantitative estimate of drug-likeness (QED) is 0.247. The SMILES string of the molecule is C=[N+]([O-])N1CCC2(CCO2)CC1. The van der Waals surface area contributed by atoms with Crippen LogP contribution in [0.2, 0.25) is 0 Å². The first-order chi connectivity index (χ1) is 5.72. The van der Waals surface area contributed by atoms with Gasteiger partial charge in [-0.25, -0.2) is 0 Å². The summed E-state index contributed by atoms with van der Waals surface area (Å²) in [7, 11) is 0. The second-order valence-electron chi connectivity index (χ2n) is 3.59. The van der Waals surface area contributed by atoms with Crippen molar-refractivity contribution >= 4 is 6.72 Å². The number of rotatable bonds is 1. The summed E-state index contributed by atoms with van der Waals surface area (Å²) in [5.74, 6) is 0. The van der Waals surface area contributed by atoms with E-state index in [0.29, 0.717) is 4.85 Å². The zero-order chi connectivity index (χ0) is 8.60. The standard InChI is InChI=1S/C8H14N2O2/c1-9(11)10-5-2-8(3-6-10)4-7-12-8/h1-7H2. The molecule has 0 amide bonds. The average molecular weight is 170 g/mol. The first-order valence-electron chi connectivity index (χ1n) is 4.38. The van der Waals surface area contributed by atoms with Gasteiger partial charge in [-0.2, -0.15) is 5.01 Å². The molecule has 0 radical (unpaired) electrons. The van der Waals surface area contributed by atoms with E-state index in [-0.39, 0.29) is 5.60 Å². The Balaban J connectivity index is 1.88. The maximum atomic E-state index is 10.8.